The molecular formula is C16H23Cl3N4. The van der Waals surface area contributed by atoms with E-state index in [1.807, 2.05) is 25.1 Å². The van der Waals surface area contributed by atoms with E-state index in [0.717, 1.165) is 55.6 Å². The number of H-pyrrole nitrogens is 1. The Bertz CT molecular complexity index is 595. The van der Waals surface area contributed by atoms with Crippen molar-refractivity contribution >= 4 is 42.1 Å². The maximum absolute atomic E-state index is 6.07. The molecule has 1 N–H and O–H groups in total. The monoisotopic (exact) mass is 376 g/mol. The molecule has 2 aromatic rings. The molecule has 128 valence electrons. The summed E-state index contributed by atoms with van der Waals surface area (Å²) in [7, 11) is 0. The van der Waals surface area contributed by atoms with Crippen molar-refractivity contribution in [3.8, 4) is 0 Å². The Morgan fingerprint density at radius 1 is 1.13 bits per heavy atom. The number of nitrogens with one attached hydrogen (secondary N) is 1. The van der Waals surface area contributed by atoms with Gasteiger partial charge >= 0.3 is 0 Å². The normalized spacial score (nSPS) is 15.0. The second-order valence-electron chi connectivity index (χ2n) is 5.60. The zero-order valence-electron chi connectivity index (χ0n) is 13.2. The lowest BCUT2D eigenvalue weighted by atomic mass is 10.2. The SMILES string of the molecule is Cc1cc(CCN2CCN(c3cccc(Cl)c3)CC2)n[nH]1.Cl.Cl. The molecule has 1 aromatic carbocycles. The molecule has 1 aromatic heterocycles. The lowest BCUT2D eigenvalue weighted by Crippen LogP contribution is -2.47. The second kappa shape index (κ2) is 9.38. The van der Waals surface area contributed by atoms with Gasteiger partial charge in [0.2, 0.25) is 0 Å². The Morgan fingerprint density at radius 3 is 2.48 bits per heavy atom. The van der Waals surface area contributed by atoms with Gasteiger partial charge in [-0.05, 0) is 31.2 Å². The molecular weight excluding hydrogens is 355 g/mol. The summed E-state index contributed by atoms with van der Waals surface area (Å²) in [5.74, 6) is 0. The molecule has 1 fully saturated rings. The van der Waals surface area contributed by atoms with Crippen molar-refractivity contribution < 1.29 is 0 Å². The molecule has 0 aliphatic carbocycles. The van der Waals surface area contributed by atoms with Gasteiger partial charge in [0.05, 0.1) is 5.69 Å². The number of aryl methyl sites for hydroxylation is 1. The van der Waals surface area contributed by atoms with Crippen LogP contribution in [0.2, 0.25) is 5.02 Å². The third-order valence-corrected chi connectivity index (χ3v) is 4.22. The second-order valence-corrected chi connectivity index (χ2v) is 6.04. The smallest absolute Gasteiger partial charge is 0.0637 e. The molecule has 0 radical (unpaired) electrons. The number of aromatic nitrogens is 2. The number of halogens is 3. The number of nitrogens with zero attached hydrogens (tertiary/aromatic N) is 3. The van der Waals surface area contributed by atoms with E-state index >= 15 is 0 Å². The highest BCUT2D eigenvalue weighted by Crippen LogP contribution is 2.20. The molecule has 1 saturated heterocycles. The van der Waals surface area contributed by atoms with Gasteiger partial charge < -0.3 is 4.90 Å². The lowest BCUT2D eigenvalue weighted by Gasteiger charge is -2.36. The third-order valence-electron chi connectivity index (χ3n) is 3.99. The molecule has 1 aliphatic heterocycles. The van der Waals surface area contributed by atoms with Crippen LogP contribution in [0, 0.1) is 6.92 Å². The van der Waals surface area contributed by atoms with Crippen LogP contribution in [0.25, 0.3) is 0 Å². The van der Waals surface area contributed by atoms with Gasteiger partial charge in [-0.1, -0.05) is 17.7 Å². The van der Waals surface area contributed by atoms with Crippen LogP contribution in [-0.2, 0) is 6.42 Å². The van der Waals surface area contributed by atoms with Crippen molar-refractivity contribution in [1.29, 1.82) is 0 Å². The maximum Gasteiger partial charge on any atom is 0.0637 e. The fourth-order valence-corrected chi connectivity index (χ4v) is 2.96. The van der Waals surface area contributed by atoms with E-state index in [1.165, 1.54) is 5.69 Å². The molecule has 4 nitrogen and oxygen atoms in total. The van der Waals surface area contributed by atoms with Gasteiger partial charge in [-0.15, -0.1) is 24.8 Å². The van der Waals surface area contributed by atoms with E-state index < -0.39 is 0 Å². The summed E-state index contributed by atoms with van der Waals surface area (Å²) in [5, 5.41) is 8.11. The van der Waals surface area contributed by atoms with E-state index in [9.17, 15) is 0 Å². The van der Waals surface area contributed by atoms with Crippen molar-refractivity contribution in [2.24, 2.45) is 0 Å². The predicted octanol–water partition coefficient (Wildman–Crippen LogP) is 3.58. The highest BCUT2D eigenvalue weighted by atomic mass is 35.5. The molecule has 0 unspecified atom stereocenters. The fourth-order valence-electron chi connectivity index (χ4n) is 2.78. The molecule has 23 heavy (non-hydrogen) atoms. The van der Waals surface area contributed by atoms with Crippen molar-refractivity contribution in [3.05, 3.63) is 46.7 Å². The van der Waals surface area contributed by atoms with Crippen LogP contribution >= 0.6 is 36.4 Å². The molecule has 0 atom stereocenters. The minimum absolute atomic E-state index is 0. The lowest BCUT2D eigenvalue weighted by molar-refractivity contribution is 0.260. The highest BCUT2D eigenvalue weighted by Gasteiger charge is 2.17. The minimum Gasteiger partial charge on any atom is -0.369 e. The van der Waals surface area contributed by atoms with Gasteiger partial charge in [-0.2, -0.15) is 5.10 Å². The number of piperazine rings is 1. The van der Waals surface area contributed by atoms with Gasteiger partial charge in [-0.3, -0.25) is 10.00 Å². The van der Waals surface area contributed by atoms with Crippen LogP contribution in [0.15, 0.2) is 30.3 Å². The first-order valence-corrected chi connectivity index (χ1v) is 7.82. The van der Waals surface area contributed by atoms with E-state index in [4.69, 9.17) is 11.6 Å². The number of anilines is 1. The van der Waals surface area contributed by atoms with E-state index in [0.29, 0.717) is 0 Å². The maximum atomic E-state index is 6.07. The van der Waals surface area contributed by atoms with Crippen LogP contribution < -0.4 is 4.90 Å². The van der Waals surface area contributed by atoms with Gasteiger partial charge in [0, 0.05) is 55.5 Å². The molecule has 7 heteroatoms. The summed E-state index contributed by atoms with van der Waals surface area (Å²) in [5.41, 5.74) is 3.52. The number of rotatable bonds is 4. The molecule has 1 aliphatic rings. The quantitative estimate of drug-likeness (QED) is 0.884. The summed E-state index contributed by atoms with van der Waals surface area (Å²) in [4.78, 5) is 4.91. The summed E-state index contributed by atoms with van der Waals surface area (Å²) < 4.78 is 0. The van der Waals surface area contributed by atoms with Gasteiger partial charge in [-0.25, -0.2) is 0 Å². The zero-order valence-corrected chi connectivity index (χ0v) is 15.6. The summed E-state index contributed by atoms with van der Waals surface area (Å²) in [6.07, 6.45) is 1.02. The Kier molecular flexibility index (Phi) is 8.20. The van der Waals surface area contributed by atoms with E-state index in [-0.39, 0.29) is 24.8 Å². The summed E-state index contributed by atoms with van der Waals surface area (Å²) in [6, 6.07) is 10.2. The zero-order chi connectivity index (χ0) is 14.7. The molecule has 0 bridgehead atoms. The van der Waals surface area contributed by atoms with Crippen LogP contribution in [0.5, 0.6) is 0 Å². The molecule has 0 saturated carbocycles. The third kappa shape index (κ3) is 5.57. The first-order valence-electron chi connectivity index (χ1n) is 7.44. The Labute approximate surface area is 155 Å². The Hall–Kier alpha value is -0.940. The Balaban J connectivity index is 0.00000132. The van der Waals surface area contributed by atoms with Crippen LogP contribution in [0.1, 0.15) is 11.4 Å². The van der Waals surface area contributed by atoms with Crippen molar-refractivity contribution in [3.63, 3.8) is 0 Å². The first kappa shape index (κ1) is 20.1. The number of hydrogen-bond donors (Lipinski definition) is 1. The van der Waals surface area contributed by atoms with Gasteiger partial charge in [0.1, 0.15) is 0 Å². The molecule has 0 spiro atoms. The number of hydrogen-bond acceptors (Lipinski definition) is 3. The highest BCUT2D eigenvalue weighted by molar-refractivity contribution is 6.30. The predicted molar refractivity (Wildman–Crippen MR) is 102 cm³/mol. The molecule has 3 rings (SSSR count). The topological polar surface area (TPSA) is 35.2 Å². The molecule has 2 heterocycles. The van der Waals surface area contributed by atoms with Gasteiger partial charge in [0.15, 0.2) is 0 Å². The first-order chi connectivity index (χ1) is 10.2. The van der Waals surface area contributed by atoms with Crippen LogP contribution in [0.4, 0.5) is 5.69 Å². The number of benzene rings is 1. The summed E-state index contributed by atoms with van der Waals surface area (Å²) in [6.45, 7) is 7.42. The average Bonchev–Trinajstić information content (AvgIpc) is 2.91. The van der Waals surface area contributed by atoms with Crippen LogP contribution in [0.3, 0.4) is 0 Å². The fraction of sp³-hybridized carbons (Fsp3) is 0.438. The Morgan fingerprint density at radius 2 is 1.87 bits per heavy atom. The average molecular weight is 378 g/mol. The summed E-state index contributed by atoms with van der Waals surface area (Å²) >= 11 is 6.07. The van der Waals surface area contributed by atoms with Crippen molar-refractivity contribution in [2.45, 2.75) is 13.3 Å². The minimum atomic E-state index is 0. The van der Waals surface area contributed by atoms with Crippen molar-refractivity contribution in [2.75, 3.05) is 37.6 Å². The van der Waals surface area contributed by atoms with Crippen molar-refractivity contribution in [1.82, 2.24) is 15.1 Å². The van der Waals surface area contributed by atoms with Gasteiger partial charge in [0.25, 0.3) is 0 Å². The standard InChI is InChI=1S/C16H21ClN4.2ClH/c1-13-11-15(19-18-13)5-6-20-7-9-21(10-8-20)16-4-2-3-14(17)12-16;;/h2-4,11-12H,5-10H2,1H3,(H,18,19);2*1H. The number of aromatic amines is 1. The van der Waals surface area contributed by atoms with E-state index in [2.05, 4.69) is 32.1 Å². The van der Waals surface area contributed by atoms with E-state index in [1.54, 1.807) is 0 Å². The largest absolute Gasteiger partial charge is 0.369 e. The molecule has 0 amide bonds. The van der Waals surface area contributed by atoms with Crippen LogP contribution in [-0.4, -0.2) is 47.8 Å².